The van der Waals surface area contributed by atoms with E-state index in [2.05, 4.69) is 10.3 Å². The highest BCUT2D eigenvalue weighted by atomic mass is 32.2. The number of carbonyl (C=O) groups is 2. The van der Waals surface area contributed by atoms with Gasteiger partial charge in [-0.25, -0.2) is 9.78 Å². The van der Waals surface area contributed by atoms with Gasteiger partial charge in [-0.1, -0.05) is 42.1 Å². The first-order valence-electron chi connectivity index (χ1n) is 9.06. The molecule has 0 bridgehead atoms. The number of ether oxygens (including phenoxy) is 2. The largest absolute Gasteiger partial charge is 0.445 e. The summed E-state index contributed by atoms with van der Waals surface area (Å²) in [6.45, 7) is 2.47. The molecule has 1 saturated heterocycles. The number of hydrogen-bond acceptors (Lipinski definition) is 7. The maximum Gasteiger partial charge on any atom is 0.407 e. The minimum Gasteiger partial charge on any atom is -0.445 e. The zero-order chi connectivity index (χ0) is 19.6. The van der Waals surface area contributed by atoms with E-state index < -0.39 is 6.09 Å². The van der Waals surface area contributed by atoms with E-state index in [9.17, 15) is 9.59 Å². The topological polar surface area (TPSA) is 80.8 Å². The predicted octanol–water partition coefficient (Wildman–Crippen LogP) is 2.78. The van der Waals surface area contributed by atoms with Crippen LogP contribution in [0.15, 0.2) is 46.2 Å². The van der Waals surface area contributed by atoms with Crippen molar-refractivity contribution in [2.45, 2.75) is 23.4 Å². The van der Waals surface area contributed by atoms with E-state index in [1.54, 1.807) is 11.1 Å². The number of hydrogen-bond donors (Lipinski definition) is 1. The van der Waals surface area contributed by atoms with Gasteiger partial charge < -0.3 is 19.7 Å². The number of nitrogens with one attached hydrogen (secondary N) is 1. The molecule has 2 amide bonds. The Morgan fingerprint density at radius 1 is 1.29 bits per heavy atom. The fourth-order valence-electron chi connectivity index (χ4n) is 2.69. The molecule has 0 spiro atoms. The number of nitrogens with zero attached hydrogens (tertiary/aromatic N) is 2. The number of rotatable bonds is 8. The number of amides is 2. The second kappa shape index (κ2) is 11.0. The van der Waals surface area contributed by atoms with Crippen molar-refractivity contribution in [3.63, 3.8) is 0 Å². The molecule has 3 rings (SSSR count). The van der Waals surface area contributed by atoms with E-state index in [0.29, 0.717) is 32.1 Å². The number of benzene rings is 1. The van der Waals surface area contributed by atoms with Crippen LogP contribution in [0, 0.1) is 0 Å². The number of thiazole rings is 1. The first kappa shape index (κ1) is 20.6. The van der Waals surface area contributed by atoms with Gasteiger partial charge in [-0.15, -0.1) is 11.3 Å². The fraction of sp³-hybridized carbons (Fsp3) is 0.421. The molecule has 1 N–H and O–H groups in total. The molecule has 150 valence electrons. The van der Waals surface area contributed by atoms with Crippen LogP contribution in [0.5, 0.6) is 0 Å². The van der Waals surface area contributed by atoms with Crippen molar-refractivity contribution in [3.8, 4) is 0 Å². The lowest BCUT2D eigenvalue weighted by Crippen LogP contribution is -2.45. The third-order valence-corrected chi connectivity index (χ3v) is 6.27. The quantitative estimate of drug-likeness (QED) is 0.660. The average Bonchev–Trinajstić information content (AvgIpc) is 3.25. The molecule has 0 radical (unpaired) electrons. The molecule has 28 heavy (non-hydrogen) atoms. The normalized spacial score (nSPS) is 15.1. The van der Waals surface area contributed by atoms with Gasteiger partial charge in [0.1, 0.15) is 10.9 Å². The molecule has 1 aromatic heterocycles. The molecule has 1 atom stereocenters. The maximum atomic E-state index is 12.6. The van der Waals surface area contributed by atoms with Crippen molar-refractivity contribution in [1.29, 1.82) is 0 Å². The number of thioether (sulfide) groups is 1. The van der Waals surface area contributed by atoms with Crippen molar-refractivity contribution in [3.05, 3.63) is 47.5 Å². The summed E-state index contributed by atoms with van der Waals surface area (Å²) in [6, 6.07) is 9.14. The Labute approximate surface area is 172 Å². The second-order valence-electron chi connectivity index (χ2n) is 6.21. The Balaban J connectivity index is 1.53. The summed E-state index contributed by atoms with van der Waals surface area (Å²) in [6.07, 6.45) is 1.43. The van der Waals surface area contributed by atoms with Crippen LogP contribution in [0.2, 0.25) is 0 Å². The van der Waals surface area contributed by atoms with E-state index in [-0.39, 0.29) is 25.0 Å². The molecule has 0 aliphatic carbocycles. The summed E-state index contributed by atoms with van der Waals surface area (Å²) >= 11 is 3.06. The Morgan fingerprint density at radius 2 is 2.07 bits per heavy atom. The predicted molar refractivity (Wildman–Crippen MR) is 108 cm³/mol. The van der Waals surface area contributed by atoms with Crippen LogP contribution in [0.25, 0.3) is 0 Å². The molecule has 2 heterocycles. The zero-order valence-corrected chi connectivity index (χ0v) is 17.0. The van der Waals surface area contributed by atoms with Gasteiger partial charge in [-0.2, -0.15) is 0 Å². The summed E-state index contributed by atoms with van der Waals surface area (Å²) in [5.41, 5.74) is 0.913. The molecular weight excluding hydrogens is 398 g/mol. The van der Waals surface area contributed by atoms with E-state index in [1.807, 2.05) is 35.7 Å². The first-order chi connectivity index (χ1) is 13.7. The van der Waals surface area contributed by atoms with Crippen LogP contribution in [0.1, 0.15) is 12.0 Å². The van der Waals surface area contributed by atoms with Crippen LogP contribution in [0.4, 0.5) is 4.79 Å². The van der Waals surface area contributed by atoms with Crippen molar-refractivity contribution in [2.75, 3.05) is 32.1 Å². The van der Waals surface area contributed by atoms with Crippen LogP contribution in [-0.2, 0) is 20.9 Å². The number of alkyl carbamates (subject to hydrolysis) is 1. The van der Waals surface area contributed by atoms with Gasteiger partial charge in [0.05, 0.1) is 19.3 Å². The average molecular weight is 422 g/mol. The third-order valence-electron chi connectivity index (χ3n) is 4.14. The highest BCUT2D eigenvalue weighted by molar-refractivity contribution is 8.01. The van der Waals surface area contributed by atoms with Crippen molar-refractivity contribution < 1.29 is 19.1 Å². The van der Waals surface area contributed by atoms with Gasteiger partial charge in [0.25, 0.3) is 0 Å². The minimum absolute atomic E-state index is 0.0106. The van der Waals surface area contributed by atoms with Crippen molar-refractivity contribution in [1.82, 2.24) is 15.2 Å². The monoisotopic (exact) mass is 421 g/mol. The molecule has 1 aliphatic heterocycles. The molecule has 2 aromatic rings. The highest BCUT2D eigenvalue weighted by Gasteiger charge is 2.23. The summed E-state index contributed by atoms with van der Waals surface area (Å²) in [5.74, 6) is 0.556. The van der Waals surface area contributed by atoms with Crippen LogP contribution in [-0.4, -0.2) is 60.0 Å². The van der Waals surface area contributed by atoms with Gasteiger partial charge >= 0.3 is 6.09 Å². The molecule has 7 nitrogen and oxygen atoms in total. The van der Waals surface area contributed by atoms with E-state index in [1.165, 1.54) is 23.1 Å². The highest BCUT2D eigenvalue weighted by Crippen LogP contribution is 2.22. The van der Waals surface area contributed by atoms with Gasteiger partial charge in [-0.3, -0.25) is 4.79 Å². The van der Waals surface area contributed by atoms with E-state index in [4.69, 9.17) is 9.47 Å². The Kier molecular flexibility index (Phi) is 8.13. The molecule has 1 fully saturated rings. The van der Waals surface area contributed by atoms with Gasteiger partial charge in [0.15, 0.2) is 0 Å². The summed E-state index contributed by atoms with van der Waals surface area (Å²) in [5, 5.41) is 4.74. The lowest BCUT2D eigenvalue weighted by Gasteiger charge is -2.28. The lowest BCUT2D eigenvalue weighted by molar-refractivity contribution is -0.135. The fourth-order valence-corrected chi connectivity index (χ4v) is 4.37. The minimum atomic E-state index is -0.525. The number of morpholine rings is 1. The molecule has 1 aliphatic rings. The zero-order valence-electron chi connectivity index (χ0n) is 15.4. The third kappa shape index (κ3) is 6.81. The second-order valence-corrected chi connectivity index (χ2v) is 8.37. The van der Waals surface area contributed by atoms with Crippen LogP contribution < -0.4 is 5.32 Å². The molecule has 1 aromatic carbocycles. The van der Waals surface area contributed by atoms with Crippen molar-refractivity contribution >= 4 is 35.1 Å². The smallest absolute Gasteiger partial charge is 0.407 e. The standard InChI is InChI=1S/C19H23N3O4S2/c23-17(22-7-9-25-10-8-22)12-16(14-28-19-20-6-11-27-19)21-18(24)26-13-15-4-2-1-3-5-15/h1-6,11,16H,7-10,12-14H2,(H,21,24)/t16-/m1/s1. The molecule has 0 saturated carbocycles. The van der Waals surface area contributed by atoms with Gasteiger partial charge in [0, 0.05) is 36.8 Å². The number of carbonyl (C=O) groups excluding carboxylic acids is 2. The first-order valence-corrected chi connectivity index (χ1v) is 10.9. The Hall–Kier alpha value is -2.10. The van der Waals surface area contributed by atoms with Gasteiger partial charge in [-0.05, 0) is 5.56 Å². The van der Waals surface area contributed by atoms with Gasteiger partial charge in [0.2, 0.25) is 5.91 Å². The maximum absolute atomic E-state index is 12.6. The van der Waals surface area contributed by atoms with Crippen LogP contribution >= 0.6 is 23.1 Å². The Morgan fingerprint density at radius 3 is 2.79 bits per heavy atom. The van der Waals surface area contributed by atoms with E-state index in [0.717, 1.165) is 9.90 Å². The summed E-state index contributed by atoms with van der Waals surface area (Å²) in [4.78, 5) is 30.8. The summed E-state index contributed by atoms with van der Waals surface area (Å²) < 4.78 is 11.5. The SMILES string of the molecule is O=C(N[C@@H](CSc1nccs1)CC(=O)N1CCOCC1)OCc1ccccc1. The Bertz CT molecular complexity index is 737. The van der Waals surface area contributed by atoms with E-state index >= 15 is 0 Å². The van der Waals surface area contributed by atoms with Crippen LogP contribution in [0.3, 0.4) is 0 Å². The molecular formula is C19H23N3O4S2. The molecule has 9 heteroatoms. The lowest BCUT2D eigenvalue weighted by atomic mass is 10.2. The number of aromatic nitrogens is 1. The van der Waals surface area contributed by atoms with Crippen molar-refractivity contribution in [2.24, 2.45) is 0 Å². The molecule has 0 unspecified atom stereocenters. The summed E-state index contributed by atoms with van der Waals surface area (Å²) in [7, 11) is 0.